The molecule has 8 aromatic carbocycles. The number of fused-ring (bicyclic) bond motifs is 7. The number of thiophene rings is 1. The summed E-state index contributed by atoms with van der Waals surface area (Å²) >= 11 is 1.85. The number of nitrogens with zero attached hydrogens (tertiary/aromatic N) is 2. The standard InChI is InChI=1S/C46H28N2S/c1-2-11-32(12-3-1)46-47-40(31-21-18-29(19-22-31)33-24-25-39-38-16-8-9-17-42(38)49-43(39)27-33)28-41(48-46)45-37-15-7-5-13-34(37)26-35-23-20-30-10-4-6-14-36(30)44(35)45/h1-28H. The van der Waals surface area contributed by atoms with Crippen LogP contribution in [-0.4, -0.2) is 9.97 Å². The van der Waals surface area contributed by atoms with Gasteiger partial charge in [-0.3, -0.25) is 0 Å². The van der Waals surface area contributed by atoms with E-state index in [1.807, 2.05) is 29.5 Å². The first kappa shape index (κ1) is 27.9. The van der Waals surface area contributed by atoms with E-state index < -0.39 is 0 Å². The summed E-state index contributed by atoms with van der Waals surface area (Å²) in [6.45, 7) is 0. The van der Waals surface area contributed by atoms with Crippen molar-refractivity contribution < 1.29 is 0 Å². The van der Waals surface area contributed by atoms with Gasteiger partial charge in [-0.25, -0.2) is 9.97 Å². The third-order valence-electron chi connectivity index (χ3n) is 9.66. The Bertz CT molecular complexity index is 2870. The first-order chi connectivity index (χ1) is 24.3. The van der Waals surface area contributed by atoms with E-state index >= 15 is 0 Å². The molecule has 0 fully saturated rings. The van der Waals surface area contributed by atoms with E-state index in [0.29, 0.717) is 5.82 Å². The second-order valence-electron chi connectivity index (χ2n) is 12.6. The van der Waals surface area contributed by atoms with E-state index in [1.54, 1.807) is 0 Å². The summed E-state index contributed by atoms with van der Waals surface area (Å²) in [6.07, 6.45) is 0. The van der Waals surface area contributed by atoms with E-state index in [9.17, 15) is 0 Å². The third-order valence-corrected chi connectivity index (χ3v) is 10.8. The van der Waals surface area contributed by atoms with Crippen molar-refractivity contribution in [2.75, 3.05) is 0 Å². The van der Waals surface area contributed by atoms with Gasteiger partial charge in [-0.2, -0.15) is 0 Å². The molecular formula is C46H28N2S. The Balaban J connectivity index is 1.17. The first-order valence-electron chi connectivity index (χ1n) is 16.6. The van der Waals surface area contributed by atoms with Crippen LogP contribution in [0.25, 0.3) is 97.5 Å². The van der Waals surface area contributed by atoms with Gasteiger partial charge in [0, 0.05) is 36.9 Å². The monoisotopic (exact) mass is 640 g/mol. The van der Waals surface area contributed by atoms with Crippen molar-refractivity contribution in [3.05, 3.63) is 170 Å². The summed E-state index contributed by atoms with van der Waals surface area (Å²) < 4.78 is 2.64. The van der Waals surface area contributed by atoms with Gasteiger partial charge in [0.2, 0.25) is 0 Å². The maximum absolute atomic E-state index is 5.31. The van der Waals surface area contributed by atoms with Crippen molar-refractivity contribution in [3.63, 3.8) is 0 Å². The van der Waals surface area contributed by atoms with Gasteiger partial charge < -0.3 is 0 Å². The number of rotatable bonds is 4. The second kappa shape index (κ2) is 11.2. The van der Waals surface area contributed by atoms with Crippen LogP contribution in [0.15, 0.2) is 170 Å². The molecule has 0 aliphatic carbocycles. The number of benzene rings is 8. The Hall–Kier alpha value is -6.16. The van der Waals surface area contributed by atoms with Crippen molar-refractivity contribution in [1.82, 2.24) is 9.97 Å². The van der Waals surface area contributed by atoms with E-state index in [0.717, 1.165) is 28.1 Å². The SMILES string of the molecule is c1ccc(-c2nc(-c3ccc(-c4ccc5c(c4)sc4ccccc45)cc3)cc(-c3c4ccccc4cc4ccc5ccccc5c34)n2)cc1. The molecule has 0 atom stereocenters. The molecule has 0 radical (unpaired) electrons. The average molecular weight is 641 g/mol. The molecule has 0 amide bonds. The van der Waals surface area contributed by atoms with Gasteiger partial charge in [0.15, 0.2) is 5.82 Å². The molecule has 0 bridgehead atoms. The molecule has 0 unspecified atom stereocenters. The van der Waals surface area contributed by atoms with Crippen molar-refractivity contribution in [1.29, 1.82) is 0 Å². The molecular weight excluding hydrogens is 613 g/mol. The van der Waals surface area contributed by atoms with Crippen molar-refractivity contribution >= 4 is 63.8 Å². The predicted molar refractivity (Wildman–Crippen MR) is 209 cm³/mol. The molecule has 0 saturated carbocycles. The molecule has 0 N–H and O–H groups in total. The Labute approximate surface area is 287 Å². The van der Waals surface area contributed by atoms with Crippen LogP contribution in [0.5, 0.6) is 0 Å². The molecule has 49 heavy (non-hydrogen) atoms. The van der Waals surface area contributed by atoms with E-state index in [4.69, 9.17) is 9.97 Å². The lowest BCUT2D eigenvalue weighted by Gasteiger charge is -2.16. The molecule has 3 heteroatoms. The smallest absolute Gasteiger partial charge is 0.160 e. The van der Waals surface area contributed by atoms with Crippen LogP contribution < -0.4 is 0 Å². The molecule has 10 rings (SSSR count). The molecule has 2 nitrogen and oxygen atoms in total. The summed E-state index contributed by atoms with van der Waals surface area (Å²) in [5.74, 6) is 0.716. The zero-order valence-electron chi connectivity index (χ0n) is 26.5. The Morgan fingerprint density at radius 2 is 0.980 bits per heavy atom. The highest BCUT2D eigenvalue weighted by molar-refractivity contribution is 7.25. The van der Waals surface area contributed by atoms with Crippen molar-refractivity contribution in [2.24, 2.45) is 0 Å². The molecule has 10 aromatic rings. The van der Waals surface area contributed by atoms with E-state index in [-0.39, 0.29) is 0 Å². The fraction of sp³-hybridized carbons (Fsp3) is 0. The van der Waals surface area contributed by atoms with Gasteiger partial charge in [-0.15, -0.1) is 11.3 Å². The van der Waals surface area contributed by atoms with Gasteiger partial charge in [-0.1, -0.05) is 146 Å². The van der Waals surface area contributed by atoms with Crippen LogP contribution in [0.4, 0.5) is 0 Å². The number of hydrogen-bond acceptors (Lipinski definition) is 3. The molecule has 2 heterocycles. The maximum atomic E-state index is 5.31. The zero-order chi connectivity index (χ0) is 32.3. The van der Waals surface area contributed by atoms with E-state index in [1.165, 1.54) is 63.6 Å². The summed E-state index contributed by atoms with van der Waals surface area (Å²) in [7, 11) is 0. The van der Waals surface area contributed by atoms with Gasteiger partial charge >= 0.3 is 0 Å². The summed E-state index contributed by atoms with van der Waals surface area (Å²) in [6, 6.07) is 60.9. The van der Waals surface area contributed by atoms with Crippen LogP contribution in [0.1, 0.15) is 0 Å². The normalized spacial score (nSPS) is 11.7. The maximum Gasteiger partial charge on any atom is 0.160 e. The van der Waals surface area contributed by atoms with Crippen LogP contribution in [-0.2, 0) is 0 Å². The minimum absolute atomic E-state index is 0.716. The number of hydrogen-bond donors (Lipinski definition) is 0. The highest BCUT2D eigenvalue weighted by Gasteiger charge is 2.17. The minimum Gasteiger partial charge on any atom is -0.228 e. The van der Waals surface area contributed by atoms with Crippen LogP contribution in [0.2, 0.25) is 0 Å². The average Bonchev–Trinajstić information content (AvgIpc) is 3.55. The number of aromatic nitrogens is 2. The van der Waals surface area contributed by atoms with Crippen LogP contribution in [0.3, 0.4) is 0 Å². The highest BCUT2D eigenvalue weighted by atomic mass is 32.1. The van der Waals surface area contributed by atoms with Gasteiger partial charge in [0.1, 0.15) is 0 Å². The van der Waals surface area contributed by atoms with Crippen molar-refractivity contribution in [3.8, 4) is 45.0 Å². The largest absolute Gasteiger partial charge is 0.228 e. The fourth-order valence-electron chi connectivity index (χ4n) is 7.28. The quantitative estimate of drug-likeness (QED) is 0.141. The molecule has 0 saturated heterocycles. The molecule has 0 spiro atoms. The summed E-state index contributed by atoms with van der Waals surface area (Å²) in [4.78, 5) is 10.5. The molecule has 2 aromatic heterocycles. The van der Waals surface area contributed by atoms with Gasteiger partial charge in [0.25, 0.3) is 0 Å². The Morgan fingerprint density at radius 1 is 0.347 bits per heavy atom. The van der Waals surface area contributed by atoms with Gasteiger partial charge in [0.05, 0.1) is 11.4 Å². The topological polar surface area (TPSA) is 25.8 Å². The lowest BCUT2D eigenvalue weighted by molar-refractivity contribution is 1.19. The Kier molecular flexibility index (Phi) is 6.39. The molecule has 0 aliphatic rings. The predicted octanol–water partition coefficient (Wildman–Crippen LogP) is 13.0. The van der Waals surface area contributed by atoms with Crippen LogP contribution >= 0.6 is 11.3 Å². The summed E-state index contributed by atoms with van der Waals surface area (Å²) in [5, 5.41) is 9.88. The summed E-state index contributed by atoms with van der Waals surface area (Å²) in [5.41, 5.74) is 7.41. The second-order valence-corrected chi connectivity index (χ2v) is 13.7. The highest BCUT2D eigenvalue weighted by Crippen LogP contribution is 2.41. The molecule has 228 valence electrons. The fourth-order valence-corrected chi connectivity index (χ4v) is 8.43. The lowest BCUT2D eigenvalue weighted by atomic mass is 9.90. The first-order valence-corrected chi connectivity index (χ1v) is 17.4. The lowest BCUT2D eigenvalue weighted by Crippen LogP contribution is -1.97. The Morgan fingerprint density at radius 3 is 1.84 bits per heavy atom. The van der Waals surface area contributed by atoms with E-state index in [2.05, 4.69) is 152 Å². The zero-order valence-corrected chi connectivity index (χ0v) is 27.3. The van der Waals surface area contributed by atoms with Gasteiger partial charge in [-0.05, 0) is 67.7 Å². The third kappa shape index (κ3) is 4.70. The van der Waals surface area contributed by atoms with Crippen LogP contribution in [0, 0.1) is 0 Å². The van der Waals surface area contributed by atoms with Crippen molar-refractivity contribution in [2.45, 2.75) is 0 Å². The minimum atomic E-state index is 0.716. The molecule has 0 aliphatic heterocycles.